The highest BCUT2D eigenvalue weighted by molar-refractivity contribution is 6.45. The Morgan fingerprint density at radius 3 is 2.44 bits per heavy atom. The van der Waals surface area contributed by atoms with E-state index in [1.807, 2.05) is 49.4 Å². The summed E-state index contributed by atoms with van der Waals surface area (Å²) in [5, 5.41) is 2.03. The standard InChI is InChI=1S/C13H14F2Si/c1-2-13(16(14)15)12-9-5-7-10-6-3-4-8-11(10)12/h3-9,13,16H,2H2,1H3. The molecule has 0 fully saturated rings. The van der Waals surface area contributed by atoms with Gasteiger partial charge in [0.25, 0.3) is 0 Å². The highest BCUT2D eigenvalue weighted by Crippen LogP contribution is 2.30. The second-order valence-corrected chi connectivity index (χ2v) is 5.39. The average Bonchev–Trinajstić information content (AvgIpc) is 2.30. The maximum absolute atomic E-state index is 13.1. The molecule has 0 amide bonds. The molecule has 0 aromatic heterocycles. The Balaban J connectivity index is 2.59. The summed E-state index contributed by atoms with van der Waals surface area (Å²) in [5.74, 6) is 0. The maximum Gasteiger partial charge on any atom is 0.418 e. The summed E-state index contributed by atoms with van der Waals surface area (Å²) < 4.78 is 26.1. The van der Waals surface area contributed by atoms with Crippen LogP contribution in [0.15, 0.2) is 42.5 Å². The Morgan fingerprint density at radius 1 is 1.06 bits per heavy atom. The normalized spacial score (nSPS) is 13.2. The first-order valence-electron chi connectivity index (χ1n) is 5.50. The SMILES string of the molecule is CCC(c1cccc2ccccc12)[SiH](F)F. The van der Waals surface area contributed by atoms with Crippen LogP contribution >= 0.6 is 0 Å². The van der Waals surface area contributed by atoms with Crippen molar-refractivity contribution in [3.8, 4) is 0 Å². The van der Waals surface area contributed by atoms with Crippen molar-refractivity contribution in [3.63, 3.8) is 0 Å². The van der Waals surface area contributed by atoms with Gasteiger partial charge in [-0.2, -0.15) is 0 Å². The Bertz CT molecular complexity index is 477. The number of hydrogen-bond acceptors (Lipinski definition) is 0. The molecule has 1 unspecified atom stereocenters. The van der Waals surface area contributed by atoms with Gasteiger partial charge in [-0.15, -0.1) is 0 Å². The summed E-state index contributed by atoms with van der Waals surface area (Å²) >= 11 is 0. The molecule has 0 bridgehead atoms. The summed E-state index contributed by atoms with van der Waals surface area (Å²) in [4.78, 5) is 0. The van der Waals surface area contributed by atoms with Crippen LogP contribution in [0.2, 0.25) is 0 Å². The molecule has 0 radical (unpaired) electrons. The van der Waals surface area contributed by atoms with E-state index in [2.05, 4.69) is 0 Å². The third kappa shape index (κ3) is 2.00. The molecule has 0 spiro atoms. The van der Waals surface area contributed by atoms with E-state index in [0.717, 1.165) is 16.3 Å². The third-order valence-corrected chi connectivity index (χ3v) is 4.41. The van der Waals surface area contributed by atoms with Crippen LogP contribution in [-0.2, 0) is 0 Å². The maximum atomic E-state index is 13.1. The lowest BCUT2D eigenvalue weighted by atomic mass is 10.0. The van der Waals surface area contributed by atoms with Crippen molar-refractivity contribution in [2.45, 2.75) is 18.9 Å². The van der Waals surface area contributed by atoms with Gasteiger partial charge in [-0.3, -0.25) is 8.22 Å². The molecule has 0 nitrogen and oxygen atoms in total. The summed E-state index contributed by atoms with van der Waals surface area (Å²) in [5.41, 5.74) is 0.299. The van der Waals surface area contributed by atoms with Crippen LogP contribution in [0.1, 0.15) is 24.4 Å². The molecule has 0 N–H and O–H groups in total. The Hall–Kier alpha value is -1.22. The van der Waals surface area contributed by atoms with Crippen LogP contribution < -0.4 is 0 Å². The topological polar surface area (TPSA) is 0 Å². The van der Waals surface area contributed by atoms with Crippen molar-refractivity contribution in [1.82, 2.24) is 0 Å². The van der Waals surface area contributed by atoms with E-state index in [4.69, 9.17) is 0 Å². The summed E-state index contributed by atoms with van der Waals surface area (Å²) in [6.07, 6.45) is 0.526. The quantitative estimate of drug-likeness (QED) is 0.557. The molecule has 0 saturated carbocycles. The van der Waals surface area contributed by atoms with E-state index in [0.29, 0.717) is 6.42 Å². The third-order valence-electron chi connectivity index (χ3n) is 2.97. The molecule has 16 heavy (non-hydrogen) atoms. The molecule has 0 aliphatic heterocycles. The number of hydrogen-bond donors (Lipinski definition) is 0. The highest BCUT2D eigenvalue weighted by Gasteiger charge is 2.25. The summed E-state index contributed by atoms with van der Waals surface area (Å²) in [6, 6.07) is 13.4. The highest BCUT2D eigenvalue weighted by atomic mass is 28.4. The lowest BCUT2D eigenvalue weighted by molar-refractivity contribution is 0.604. The second kappa shape index (κ2) is 4.74. The van der Waals surface area contributed by atoms with Gasteiger partial charge in [0.2, 0.25) is 0 Å². The first kappa shape index (κ1) is 11.3. The molecule has 1 atom stereocenters. The number of benzene rings is 2. The Kier molecular flexibility index (Phi) is 3.34. The zero-order valence-corrected chi connectivity index (χ0v) is 10.3. The fourth-order valence-corrected chi connectivity index (χ4v) is 3.03. The first-order chi connectivity index (χ1) is 7.74. The van der Waals surface area contributed by atoms with E-state index in [9.17, 15) is 8.22 Å². The van der Waals surface area contributed by atoms with Crippen molar-refractivity contribution in [2.75, 3.05) is 0 Å². The fourth-order valence-electron chi connectivity index (χ4n) is 2.11. The van der Waals surface area contributed by atoms with Gasteiger partial charge in [-0.1, -0.05) is 49.4 Å². The van der Waals surface area contributed by atoms with Crippen molar-refractivity contribution < 1.29 is 8.22 Å². The molecule has 2 aromatic rings. The van der Waals surface area contributed by atoms with E-state index >= 15 is 0 Å². The van der Waals surface area contributed by atoms with Gasteiger partial charge in [0.05, 0.1) is 0 Å². The van der Waals surface area contributed by atoms with Gasteiger partial charge in [0.1, 0.15) is 0 Å². The molecule has 0 heterocycles. The molecular formula is C13H14F2Si. The number of fused-ring (bicyclic) bond motifs is 1. The van der Waals surface area contributed by atoms with Gasteiger partial charge in [0.15, 0.2) is 0 Å². The van der Waals surface area contributed by atoms with Crippen molar-refractivity contribution >= 4 is 20.2 Å². The van der Waals surface area contributed by atoms with Gasteiger partial charge in [-0.25, -0.2) is 0 Å². The molecular weight excluding hydrogens is 222 g/mol. The minimum absolute atomic E-state index is 0.522. The van der Waals surface area contributed by atoms with Gasteiger partial charge in [0, 0.05) is 5.54 Å². The molecule has 2 rings (SSSR count). The minimum Gasteiger partial charge on any atom is -0.274 e. The zero-order valence-electron chi connectivity index (χ0n) is 9.16. The van der Waals surface area contributed by atoms with E-state index < -0.39 is 15.0 Å². The Morgan fingerprint density at radius 2 is 1.75 bits per heavy atom. The predicted octanol–water partition coefficient (Wildman–Crippen LogP) is 4.03. The van der Waals surface area contributed by atoms with E-state index in [1.165, 1.54) is 0 Å². The lowest BCUT2D eigenvalue weighted by Crippen LogP contribution is -2.13. The van der Waals surface area contributed by atoms with Gasteiger partial charge < -0.3 is 0 Å². The van der Waals surface area contributed by atoms with Crippen LogP contribution in [0.4, 0.5) is 8.22 Å². The number of rotatable bonds is 3. The molecule has 3 heteroatoms. The number of halogens is 2. The van der Waals surface area contributed by atoms with Crippen LogP contribution in [0.3, 0.4) is 0 Å². The molecule has 0 aliphatic carbocycles. The average molecular weight is 236 g/mol. The monoisotopic (exact) mass is 236 g/mol. The lowest BCUT2D eigenvalue weighted by Gasteiger charge is -2.15. The van der Waals surface area contributed by atoms with Crippen molar-refractivity contribution in [3.05, 3.63) is 48.0 Å². The van der Waals surface area contributed by atoms with E-state index in [1.54, 1.807) is 0 Å². The Labute approximate surface area is 95.9 Å². The molecule has 84 valence electrons. The van der Waals surface area contributed by atoms with E-state index in [-0.39, 0.29) is 0 Å². The van der Waals surface area contributed by atoms with Gasteiger partial charge in [-0.05, 0) is 22.8 Å². The first-order valence-corrected chi connectivity index (χ1v) is 7.03. The molecule has 0 saturated heterocycles. The van der Waals surface area contributed by atoms with Crippen LogP contribution in [0.25, 0.3) is 10.8 Å². The summed E-state index contributed by atoms with van der Waals surface area (Å²) in [6.45, 7) is 1.84. The van der Waals surface area contributed by atoms with Crippen LogP contribution in [0, 0.1) is 0 Å². The van der Waals surface area contributed by atoms with Gasteiger partial charge >= 0.3 is 9.46 Å². The summed E-state index contributed by atoms with van der Waals surface area (Å²) in [7, 11) is -3.62. The molecule has 0 aliphatic rings. The smallest absolute Gasteiger partial charge is 0.274 e. The predicted molar refractivity (Wildman–Crippen MR) is 66.3 cm³/mol. The minimum atomic E-state index is -3.62. The zero-order chi connectivity index (χ0) is 11.5. The van der Waals surface area contributed by atoms with Crippen LogP contribution in [-0.4, -0.2) is 9.46 Å². The van der Waals surface area contributed by atoms with Crippen LogP contribution in [0.5, 0.6) is 0 Å². The van der Waals surface area contributed by atoms with Crippen molar-refractivity contribution in [2.24, 2.45) is 0 Å². The second-order valence-electron chi connectivity index (χ2n) is 3.92. The van der Waals surface area contributed by atoms with Crippen molar-refractivity contribution in [1.29, 1.82) is 0 Å². The largest absolute Gasteiger partial charge is 0.418 e. The fraction of sp³-hybridized carbons (Fsp3) is 0.231. The molecule has 2 aromatic carbocycles.